The first-order chi connectivity index (χ1) is 20.5. The number of hydrogen-bond donors (Lipinski definition) is 1. The maximum absolute atomic E-state index is 14.2. The van der Waals surface area contributed by atoms with Crippen molar-refractivity contribution in [2.75, 3.05) is 13.1 Å². The van der Waals surface area contributed by atoms with Gasteiger partial charge in [-0.1, -0.05) is 63.6 Å². The molecule has 1 N–H and O–H groups in total. The zero-order valence-corrected chi connectivity index (χ0v) is 26.5. The van der Waals surface area contributed by atoms with E-state index in [0.717, 1.165) is 25.0 Å². The van der Waals surface area contributed by atoms with Crippen LogP contribution < -0.4 is 5.32 Å². The van der Waals surface area contributed by atoms with Crippen LogP contribution in [-0.4, -0.2) is 41.8 Å². The topological polar surface area (TPSA) is 75.7 Å². The van der Waals surface area contributed by atoms with Gasteiger partial charge >= 0.3 is 6.09 Å². The van der Waals surface area contributed by atoms with E-state index in [1.54, 1.807) is 12.1 Å². The number of ether oxygens (including phenoxy) is 1. The third kappa shape index (κ3) is 5.59. The summed E-state index contributed by atoms with van der Waals surface area (Å²) in [5.41, 5.74) is 4.16. The molecule has 1 fully saturated rings. The Kier molecular flexibility index (Phi) is 8.09. The number of rotatable bonds is 4. The Hall–Kier alpha value is -3.26. The van der Waals surface area contributed by atoms with Gasteiger partial charge in [-0.25, -0.2) is 9.18 Å². The highest BCUT2D eigenvalue weighted by Crippen LogP contribution is 2.46. The van der Waals surface area contributed by atoms with E-state index in [-0.39, 0.29) is 46.6 Å². The van der Waals surface area contributed by atoms with Crippen LogP contribution in [0.15, 0.2) is 75.5 Å². The van der Waals surface area contributed by atoms with E-state index in [2.05, 4.69) is 54.2 Å². The molecule has 2 aliphatic carbocycles. The minimum atomic E-state index is -0.600. The number of allylic oxidation sites excluding steroid dienone is 2. The summed E-state index contributed by atoms with van der Waals surface area (Å²) in [7, 11) is 0. The molecule has 0 radical (unpaired) electrons. The van der Waals surface area contributed by atoms with Crippen LogP contribution in [0.1, 0.15) is 76.3 Å². The third-order valence-electron chi connectivity index (χ3n) is 9.93. The molecular weight excluding hydrogens is 611 g/mol. The Balaban J connectivity index is 1.28. The second-order valence-electron chi connectivity index (χ2n) is 13.1. The van der Waals surface area contributed by atoms with E-state index < -0.39 is 17.8 Å². The standard InChI is InChI=1S/C35H38BrFN2O4/c1-20-12-14-23(35(2,3)22-8-5-4-6-9-22)30(16-20)43-34(42)39-18-27-33(29(41)19-39)31(21-13-15-25(37)24(36)17-21)32-26(38-27)10-7-11-28(32)40/h4-6,8-9,13,15,17,20,23,30-31,38H,7,10-12,14,16,18-19H2,1-3H3/t20-,23-,30-,31-/m1/s1. The van der Waals surface area contributed by atoms with Crippen LogP contribution in [0.5, 0.6) is 0 Å². The van der Waals surface area contributed by atoms with Gasteiger partial charge in [0.15, 0.2) is 11.6 Å². The number of Topliss-reactive ketones (excluding diaryl/α,β-unsaturated/α-hetero) is 2. The van der Waals surface area contributed by atoms with Crippen LogP contribution in [0.4, 0.5) is 9.18 Å². The Labute approximate surface area is 260 Å². The van der Waals surface area contributed by atoms with E-state index in [4.69, 9.17) is 4.74 Å². The minimum absolute atomic E-state index is 0.00104. The molecule has 0 aromatic heterocycles. The number of hydrogen-bond acceptors (Lipinski definition) is 5. The van der Waals surface area contributed by atoms with Gasteiger partial charge in [-0.2, -0.15) is 0 Å². The Morgan fingerprint density at radius 3 is 2.49 bits per heavy atom. The lowest BCUT2D eigenvalue weighted by molar-refractivity contribution is -0.118. The lowest BCUT2D eigenvalue weighted by atomic mass is 9.64. The SMILES string of the molecule is C[C@@H]1CC[C@@H](C(C)(C)c2ccccc2)[C@H](OC(=O)N2CC(=O)C3=C(C2)NC2=C(C(=O)CCC2)[C@H]3c2ccc(F)c(Br)c2)C1. The molecule has 4 atom stereocenters. The Bertz CT molecular complexity index is 1530. The number of ketones is 2. The van der Waals surface area contributed by atoms with Crippen molar-refractivity contribution in [3.05, 3.63) is 92.5 Å². The van der Waals surface area contributed by atoms with Gasteiger partial charge in [0.05, 0.1) is 17.6 Å². The van der Waals surface area contributed by atoms with Gasteiger partial charge in [0.2, 0.25) is 0 Å². The molecule has 1 amide bonds. The lowest BCUT2D eigenvalue weighted by Gasteiger charge is -2.45. The van der Waals surface area contributed by atoms with Gasteiger partial charge in [-0.05, 0) is 76.2 Å². The van der Waals surface area contributed by atoms with Crippen molar-refractivity contribution in [1.82, 2.24) is 10.2 Å². The summed E-state index contributed by atoms with van der Waals surface area (Å²) in [4.78, 5) is 42.3. The number of carbonyl (C=O) groups is 3. The second kappa shape index (κ2) is 11.7. The number of dihydropyridines is 1. The summed E-state index contributed by atoms with van der Waals surface area (Å²) >= 11 is 3.27. The summed E-state index contributed by atoms with van der Waals surface area (Å²) < 4.78 is 20.7. The predicted molar refractivity (Wildman–Crippen MR) is 166 cm³/mol. The smallest absolute Gasteiger partial charge is 0.410 e. The maximum atomic E-state index is 14.2. The monoisotopic (exact) mass is 648 g/mol. The molecule has 8 heteroatoms. The van der Waals surface area contributed by atoms with Crippen molar-refractivity contribution >= 4 is 33.6 Å². The molecule has 0 unspecified atom stereocenters. The fraction of sp³-hybridized carbons (Fsp3) is 0.457. The third-order valence-corrected chi connectivity index (χ3v) is 10.5. The van der Waals surface area contributed by atoms with Crippen LogP contribution in [0.25, 0.3) is 0 Å². The van der Waals surface area contributed by atoms with E-state index in [9.17, 15) is 18.8 Å². The van der Waals surface area contributed by atoms with Crippen molar-refractivity contribution < 1.29 is 23.5 Å². The molecule has 43 heavy (non-hydrogen) atoms. The van der Waals surface area contributed by atoms with Gasteiger partial charge in [0, 0.05) is 40.8 Å². The summed E-state index contributed by atoms with van der Waals surface area (Å²) in [5, 5.41) is 3.38. The summed E-state index contributed by atoms with van der Waals surface area (Å²) in [6.45, 7) is 6.69. The molecule has 0 spiro atoms. The molecule has 0 bridgehead atoms. The quantitative estimate of drug-likeness (QED) is 0.375. The molecule has 6 nitrogen and oxygen atoms in total. The number of benzene rings is 2. The van der Waals surface area contributed by atoms with E-state index >= 15 is 0 Å². The Morgan fingerprint density at radius 2 is 1.74 bits per heavy atom. The van der Waals surface area contributed by atoms with Gasteiger partial charge in [-0.15, -0.1) is 0 Å². The first-order valence-electron chi connectivity index (χ1n) is 15.3. The highest BCUT2D eigenvalue weighted by atomic mass is 79.9. The number of nitrogens with one attached hydrogen (secondary N) is 1. The van der Waals surface area contributed by atoms with Gasteiger partial charge in [0.25, 0.3) is 0 Å². The molecule has 1 saturated carbocycles. The summed E-state index contributed by atoms with van der Waals surface area (Å²) in [5.74, 6) is -0.677. The number of nitrogens with zero attached hydrogens (tertiary/aromatic N) is 1. The van der Waals surface area contributed by atoms with Crippen molar-refractivity contribution in [3.8, 4) is 0 Å². The number of carbonyl (C=O) groups excluding carboxylic acids is 3. The molecular formula is C35H38BrFN2O4. The number of amides is 1. The average Bonchev–Trinajstić information content (AvgIpc) is 2.98. The highest BCUT2D eigenvalue weighted by Gasteiger charge is 2.45. The van der Waals surface area contributed by atoms with Gasteiger partial charge in [-0.3, -0.25) is 14.5 Å². The predicted octanol–water partition coefficient (Wildman–Crippen LogP) is 7.34. The largest absolute Gasteiger partial charge is 0.446 e. The summed E-state index contributed by atoms with van der Waals surface area (Å²) in [6, 6.07) is 15.0. The maximum Gasteiger partial charge on any atom is 0.410 e. The second-order valence-corrected chi connectivity index (χ2v) is 14.0. The number of halogens is 2. The van der Waals surface area contributed by atoms with Crippen LogP contribution in [0, 0.1) is 17.7 Å². The molecule has 2 aliphatic heterocycles. The first-order valence-corrected chi connectivity index (χ1v) is 16.1. The van der Waals surface area contributed by atoms with Crippen LogP contribution in [0.3, 0.4) is 0 Å². The zero-order chi connectivity index (χ0) is 30.5. The van der Waals surface area contributed by atoms with Crippen LogP contribution >= 0.6 is 15.9 Å². The van der Waals surface area contributed by atoms with Gasteiger partial charge < -0.3 is 10.1 Å². The fourth-order valence-electron chi connectivity index (χ4n) is 7.58. The molecule has 226 valence electrons. The normalized spacial score (nSPS) is 26.1. The van der Waals surface area contributed by atoms with Crippen molar-refractivity contribution in [2.45, 2.75) is 76.7 Å². The van der Waals surface area contributed by atoms with E-state index in [1.165, 1.54) is 16.5 Å². The Morgan fingerprint density at radius 1 is 1.00 bits per heavy atom. The lowest BCUT2D eigenvalue weighted by Crippen LogP contribution is -2.50. The van der Waals surface area contributed by atoms with Gasteiger partial charge in [0.1, 0.15) is 11.9 Å². The summed E-state index contributed by atoms with van der Waals surface area (Å²) in [6.07, 6.45) is 3.85. The first kappa shape index (κ1) is 29.8. The van der Waals surface area contributed by atoms with Crippen molar-refractivity contribution in [3.63, 3.8) is 0 Å². The molecule has 0 saturated heterocycles. The zero-order valence-electron chi connectivity index (χ0n) is 24.9. The average molecular weight is 650 g/mol. The molecule has 2 aromatic rings. The van der Waals surface area contributed by atoms with Crippen LogP contribution in [-0.2, 0) is 19.7 Å². The molecule has 6 rings (SSSR count). The van der Waals surface area contributed by atoms with Crippen molar-refractivity contribution in [2.24, 2.45) is 11.8 Å². The van der Waals surface area contributed by atoms with Crippen LogP contribution in [0.2, 0.25) is 0 Å². The fourth-order valence-corrected chi connectivity index (χ4v) is 7.98. The molecule has 2 aromatic carbocycles. The van der Waals surface area contributed by atoms with Crippen molar-refractivity contribution in [1.29, 1.82) is 0 Å². The van der Waals surface area contributed by atoms with E-state index in [0.29, 0.717) is 47.6 Å². The molecule has 2 heterocycles. The molecule has 4 aliphatic rings. The minimum Gasteiger partial charge on any atom is -0.446 e. The van der Waals surface area contributed by atoms with E-state index in [1.807, 2.05) is 18.2 Å². The highest BCUT2D eigenvalue weighted by molar-refractivity contribution is 9.10.